The maximum absolute atomic E-state index is 9.89. The highest BCUT2D eigenvalue weighted by Crippen LogP contribution is 1.91. The molecule has 0 aromatic rings. The fourth-order valence-corrected chi connectivity index (χ4v) is 0.751. The monoisotopic (exact) mass is 161 g/mol. The molecule has 11 heavy (non-hydrogen) atoms. The Morgan fingerprint density at radius 2 is 1.73 bits per heavy atom. The topological polar surface area (TPSA) is 62.4 Å². The van der Waals surface area contributed by atoms with Crippen LogP contribution < -0.4 is 16.0 Å². The maximum atomic E-state index is 9.89. The number of rotatable bonds is 6. The molecule has 0 rings (SSSR count). The van der Waals surface area contributed by atoms with E-state index < -0.39 is 5.79 Å². The van der Waals surface area contributed by atoms with Crippen LogP contribution in [0.2, 0.25) is 0 Å². The van der Waals surface area contributed by atoms with Gasteiger partial charge in [0.15, 0.2) is 5.79 Å². The summed E-state index contributed by atoms with van der Waals surface area (Å²) >= 11 is 0. The molecular formula is C6H15N3O2. The van der Waals surface area contributed by atoms with Crippen molar-refractivity contribution in [3.63, 3.8) is 0 Å². The molecule has 66 valence electrons. The van der Waals surface area contributed by atoms with Crippen LogP contribution in [0.3, 0.4) is 0 Å². The molecule has 0 fully saturated rings. The van der Waals surface area contributed by atoms with Gasteiger partial charge >= 0.3 is 0 Å². The van der Waals surface area contributed by atoms with Gasteiger partial charge in [-0.05, 0) is 21.1 Å². The van der Waals surface area contributed by atoms with Gasteiger partial charge in [-0.3, -0.25) is 20.7 Å². The molecule has 0 saturated heterocycles. The van der Waals surface area contributed by atoms with Crippen LogP contribution in [-0.4, -0.2) is 40.0 Å². The molecule has 0 radical (unpaired) electrons. The van der Waals surface area contributed by atoms with E-state index in [1.165, 1.54) is 0 Å². The normalized spacial score (nSPS) is 11.2. The summed E-state index contributed by atoms with van der Waals surface area (Å²) in [6, 6.07) is 0. The van der Waals surface area contributed by atoms with Crippen molar-refractivity contribution in [2.45, 2.75) is 5.79 Å². The Bertz CT molecular complexity index is 106. The Labute approximate surface area is 66.5 Å². The lowest BCUT2D eigenvalue weighted by molar-refractivity contribution is -0.131. The van der Waals surface area contributed by atoms with Crippen LogP contribution >= 0.6 is 0 Å². The summed E-state index contributed by atoms with van der Waals surface area (Å²) in [5.74, 6) is -0.527. The van der Waals surface area contributed by atoms with Gasteiger partial charge in [0.05, 0.1) is 0 Å². The molecule has 0 bridgehead atoms. The minimum Gasteiger partial charge on any atom is -0.463 e. The summed E-state index contributed by atoms with van der Waals surface area (Å²) in [5, 5.41) is 8.83. The molecule has 5 nitrogen and oxygen atoms in total. The lowest BCUT2D eigenvalue weighted by Crippen LogP contribution is -2.66. The van der Waals surface area contributed by atoms with Crippen LogP contribution in [0.1, 0.15) is 0 Å². The molecular weight excluding hydrogens is 146 g/mol. The summed E-state index contributed by atoms with van der Waals surface area (Å²) in [6.45, 7) is 0.654. The van der Waals surface area contributed by atoms with E-state index in [-0.39, 0.29) is 6.61 Å². The minimum absolute atomic E-state index is 0.236. The SMILES string of the molecule is CNC(COC=O)(NC)NC. The molecule has 0 saturated carbocycles. The Kier molecular flexibility index (Phi) is 4.76. The summed E-state index contributed by atoms with van der Waals surface area (Å²) in [5.41, 5.74) is 0. The molecule has 0 amide bonds. The first-order chi connectivity index (χ1) is 5.24. The summed E-state index contributed by atoms with van der Waals surface area (Å²) in [4.78, 5) is 9.89. The van der Waals surface area contributed by atoms with E-state index in [0.717, 1.165) is 0 Å². The Morgan fingerprint density at radius 3 is 2.00 bits per heavy atom. The second kappa shape index (κ2) is 5.06. The summed E-state index contributed by atoms with van der Waals surface area (Å²) in [6.07, 6.45) is 0. The highest BCUT2D eigenvalue weighted by Gasteiger charge is 2.23. The van der Waals surface area contributed by atoms with Crippen molar-refractivity contribution in [3.05, 3.63) is 0 Å². The first-order valence-electron chi connectivity index (χ1n) is 3.36. The summed E-state index contributed by atoms with van der Waals surface area (Å²) < 4.78 is 4.60. The molecule has 0 heterocycles. The van der Waals surface area contributed by atoms with Crippen molar-refractivity contribution in [2.24, 2.45) is 0 Å². The number of hydrogen-bond donors (Lipinski definition) is 3. The standard InChI is InChI=1S/C6H15N3O2/c1-7-6(8-2,9-3)4-11-5-10/h5,7-9H,4H2,1-3H3. The number of likely N-dealkylation sites (N-methyl/N-ethyl adjacent to an activating group) is 3. The highest BCUT2D eigenvalue weighted by atomic mass is 16.5. The van der Waals surface area contributed by atoms with Crippen molar-refractivity contribution >= 4 is 6.47 Å². The van der Waals surface area contributed by atoms with Crippen molar-refractivity contribution in [1.82, 2.24) is 16.0 Å². The molecule has 0 aromatic heterocycles. The van der Waals surface area contributed by atoms with Gasteiger partial charge < -0.3 is 4.74 Å². The number of carbonyl (C=O) groups excluding carboxylic acids is 1. The first kappa shape index (κ1) is 10.3. The van der Waals surface area contributed by atoms with Crippen molar-refractivity contribution < 1.29 is 9.53 Å². The van der Waals surface area contributed by atoms with Crippen LogP contribution in [0.15, 0.2) is 0 Å². The number of ether oxygens (including phenoxy) is 1. The second-order valence-electron chi connectivity index (χ2n) is 2.06. The van der Waals surface area contributed by atoms with E-state index in [0.29, 0.717) is 6.47 Å². The number of carbonyl (C=O) groups is 1. The Morgan fingerprint density at radius 1 is 1.27 bits per heavy atom. The third-order valence-corrected chi connectivity index (χ3v) is 1.65. The fraction of sp³-hybridized carbons (Fsp3) is 0.833. The molecule has 0 atom stereocenters. The van der Waals surface area contributed by atoms with Gasteiger partial charge in [0.2, 0.25) is 0 Å². The smallest absolute Gasteiger partial charge is 0.293 e. The average Bonchev–Trinajstić information content (AvgIpc) is 2.08. The van der Waals surface area contributed by atoms with E-state index >= 15 is 0 Å². The van der Waals surface area contributed by atoms with E-state index in [2.05, 4.69) is 20.7 Å². The molecule has 0 aliphatic rings. The van der Waals surface area contributed by atoms with E-state index in [1.807, 2.05) is 0 Å². The highest BCUT2D eigenvalue weighted by molar-refractivity contribution is 5.37. The van der Waals surface area contributed by atoms with Gasteiger partial charge in [0.25, 0.3) is 6.47 Å². The lowest BCUT2D eigenvalue weighted by Gasteiger charge is -2.31. The number of hydrogen-bond acceptors (Lipinski definition) is 5. The van der Waals surface area contributed by atoms with Crippen molar-refractivity contribution in [1.29, 1.82) is 0 Å². The largest absolute Gasteiger partial charge is 0.463 e. The molecule has 0 spiro atoms. The third kappa shape index (κ3) is 2.83. The predicted molar refractivity (Wildman–Crippen MR) is 41.9 cm³/mol. The Hall–Kier alpha value is -0.650. The minimum atomic E-state index is -0.527. The van der Waals surface area contributed by atoms with Crippen molar-refractivity contribution in [2.75, 3.05) is 27.7 Å². The zero-order valence-electron chi connectivity index (χ0n) is 7.10. The molecule has 0 aliphatic heterocycles. The van der Waals surface area contributed by atoms with E-state index in [4.69, 9.17) is 0 Å². The van der Waals surface area contributed by atoms with Gasteiger partial charge in [-0.25, -0.2) is 0 Å². The van der Waals surface area contributed by atoms with Crippen LogP contribution in [-0.2, 0) is 9.53 Å². The zero-order valence-corrected chi connectivity index (χ0v) is 7.10. The molecule has 5 heteroatoms. The molecule has 0 aromatic carbocycles. The van der Waals surface area contributed by atoms with E-state index in [9.17, 15) is 4.79 Å². The van der Waals surface area contributed by atoms with Gasteiger partial charge in [-0.2, -0.15) is 0 Å². The van der Waals surface area contributed by atoms with Crippen molar-refractivity contribution in [3.8, 4) is 0 Å². The lowest BCUT2D eigenvalue weighted by atomic mass is 10.3. The zero-order chi connectivity index (χ0) is 8.74. The average molecular weight is 161 g/mol. The Balaban J connectivity index is 3.93. The van der Waals surface area contributed by atoms with Crippen LogP contribution in [0.4, 0.5) is 0 Å². The van der Waals surface area contributed by atoms with Gasteiger partial charge in [-0.1, -0.05) is 0 Å². The predicted octanol–water partition coefficient (Wildman–Crippen LogP) is -1.53. The number of nitrogens with one attached hydrogen (secondary N) is 3. The van der Waals surface area contributed by atoms with Crippen LogP contribution in [0.25, 0.3) is 0 Å². The summed E-state index contributed by atoms with van der Waals surface area (Å²) in [7, 11) is 5.30. The van der Waals surface area contributed by atoms with E-state index in [1.54, 1.807) is 21.1 Å². The quantitative estimate of drug-likeness (QED) is 0.326. The van der Waals surface area contributed by atoms with Gasteiger partial charge in [0, 0.05) is 0 Å². The molecule has 0 aliphatic carbocycles. The van der Waals surface area contributed by atoms with Crippen LogP contribution in [0, 0.1) is 0 Å². The molecule has 0 unspecified atom stereocenters. The van der Waals surface area contributed by atoms with Gasteiger partial charge in [0.1, 0.15) is 6.61 Å². The first-order valence-corrected chi connectivity index (χ1v) is 3.36. The van der Waals surface area contributed by atoms with Crippen LogP contribution in [0.5, 0.6) is 0 Å². The maximum Gasteiger partial charge on any atom is 0.293 e. The fourth-order valence-electron chi connectivity index (χ4n) is 0.751. The van der Waals surface area contributed by atoms with Gasteiger partial charge in [-0.15, -0.1) is 0 Å². The third-order valence-electron chi connectivity index (χ3n) is 1.65. The molecule has 3 N–H and O–H groups in total. The second-order valence-corrected chi connectivity index (χ2v) is 2.06.